The van der Waals surface area contributed by atoms with Crippen LogP contribution in [0, 0.1) is 0 Å². The highest BCUT2D eigenvalue weighted by molar-refractivity contribution is 5.29. The van der Waals surface area contributed by atoms with Gasteiger partial charge in [0.15, 0.2) is 6.79 Å². The summed E-state index contributed by atoms with van der Waals surface area (Å²) in [7, 11) is 1.98. The van der Waals surface area contributed by atoms with E-state index in [2.05, 4.69) is 24.4 Å². The molecule has 0 aromatic heterocycles. The number of hydrogen-bond acceptors (Lipinski definition) is 3. The molecule has 0 fully saturated rings. The van der Waals surface area contributed by atoms with Gasteiger partial charge in [-0.3, -0.25) is 0 Å². The van der Waals surface area contributed by atoms with Crippen molar-refractivity contribution >= 4 is 0 Å². The highest BCUT2D eigenvalue weighted by atomic mass is 16.7. The Morgan fingerprint density at radius 1 is 1.00 bits per heavy atom. The van der Waals surface area contributed by atoms with Crippen LogP contribution in [-0.4, -0.2) is 13.8 Å². The molecular formula is C18H23NO2. The zero-order chi connectivity index (χ0) is 14.9. The third-order valence-electron chi connectivity index (χ3n) is 3.46. The molecular weight excluding hydrogens is 262 g/mol. The van der Waals surface area contributed by atoms with Crippen LogP contribution in [0.1, 0.15) is 30.5 Å². The molecule has 0 bridgehead atoms. The van der Waals surface area contributed by atoms with E-state index in [9.17, 15) is 0 Å². The van der Waals surface area contributed by atoms with E-state index in [1.807, 2.05) is 49.5 Å². The lowest BCUT2D eigenvalue weighted by Crippen LogP contribution is -2.14. The van der Waals surface area contributed by atoms with Gasteiger partial charge in [-0.05, 0) is 36.7 Å². The quantitative estimate of drug-likeness (QED) is 0.589. The zero-order valence-electron chi connectivity index (χ0n) is 12.7. The molecule has 0 saturated heterocycles. The predicted molar refractivity (Wildman–Crippen MR) is 85.3 cm³/mol. The first-order chi connectivity index (χ1) is 10.3. The summed E-state index contributed by atoms with van der Waals surface area (Å²) in [6, 6.07) is 18.6. The molecule has 0 spiro atoms. The summed E-state index contributed by atoms with van der Waals surface area (Å²) in [5, 5.41) is 3.29. The van der Waals surface area contributed by atoms with Gasteiger partial charge < -0.3 is 14.8 Å². The number of nitrogens with one attached hydrogen (secondary N) is 1. The van der Waals surface area contributed by atoms with E-state index in [0.29, 0.717) is 12.6 Å². The normalized spacial score (nSPS) is 12.1. The topological polar surface area (TPSA) is 30.5 Å². The van der Waals surface area contributed by atoms with Gasteiger partial charge in [0.25, 0.3) is 0 Å². The molecule has 2 rings (SSSR count). The third kappa shape index (κ3) is 4.88. The Labute approximate surface area is 126 Å². The van der Waals surface area contributed by atoms with Crippen molar-refractivity contribution in [2.75, 3.05) is 13.8 Å². The van der Waals surface area contributed by atoms with Crippen molar-refractivity contribution in [3.05, 3.63) is 65.7 Å². The maximum Gasteiger partial charge on any atom is 0.189 e. The largest absolute Gasteiger partial charge is 0.468 e. The molecule has 3 nitrogen and oxygen atoms in total. The van der Waals surface area contributed by atoms with Crippen LogP contribution >= 0.6 is 0 Å². The number of ether oxygens (including phenoxy) is 2. The summed E-state index contributed by atoms with van der Waals surface area (Å²) in [6.45, 7) is 3.00. The van der Waals surface area contributed by atoms with Crippen molar-refractivity contribution in [1.29, 1.82) is 0 Å². The molecule has 2 aromatic rings. The van der Waals surface area contributed by atoms with Crippen LogP contribution in [0.2, 0.25) is 0 Å². The van der Waals surface area contributed by atoms with Crippen molar-refractivity contribution in [1.82, 2.24) is 5.32 Å². The van der Waals surface area contributed by atoms with Crippen LogP contribution in [0.3, 0.4) is 0 Å². The van der Waals surface area contributed by atoms with E-state index >= 15 is 0 Å². The van der Waals surface area contributed by atoms with Crippen molar-refractivity contribution in [3.8, 4) is 5.75 Å². The fourth-order valence-corrected chi connectivity index (χ4v) is 2.25. The van der Waals surface area contributed by atoms with Crippen LogP contribution in [0.4, 0.5) is 0 Å². The Balaban J connectivity index is 1.76. The van der Waals surface area contributed by atoms with Crippen LogP contribution in [0.15, 0.2) is 54.6 Å². The summed E-state index contributed by atoms with van der Waals surface area (Å²) in [6.07, 6.45) is 1.07. The summed E-state index contributed by atoms with van der Waals surface area (Å²) < 4.78 is 11.1. The average Bonchev–Trinajstić information content (AvgIpc) is 2.55. The minimum Gasteiger partial charge on any atom is -0.468 e. The van der Waals surface area contributed by atoms with Crippen molar-refractivity contribution in [2.45, 2.75) is 26.0 Å². The molecule has 0 aliphatic heterocycles. The molecule has 0 heterocycles. The summed E-state index contributed by atoms with van der Waals surface area (Å²) in [5.41, 5.74) is 2.42. The highest BCUT2D eigenvalue weighted by Gasteiger charge is 2.05. The number of rotatable bonds is 8. The molecule has 1 atom stereocenters. The van der Waals surface area contributed by atoms with Gasteiger partial charge in [0.05, 0.1) is 6.61 Å². The maximum absolute atomic E-state index is 5.59. The average molecular weight is 285 g/mol. The van der Waals surface area contributed by atoms with Gasteiger partial charge in [0.1, 0.15) is 5.75 Å². The Morgan fingerprint density at radius 3 is 2.33 bits per heavy atom. The molecule has 0 aliphatic rings. The van der Waals surface area contributed by atoms with E-state index in [1.165, 1.54) is 5.56 Å². The first-order valence-corrected chi connectivity index (χ1v) is 7.35. The minimum absolute atomic E-state index is 0.261. The molecule has 0 aliphatic carbocycles. The van der Waals surface area contributed by atoms with Gasteiger partial charge in [-0.25, -0.2) is 0 Å². The summed E-state index contributed by atoms with van der Waals surface area (Å²) in [4.78, 5) is 0. The molecule has 21 heavy (non-hydrogen) atoms. The van der Waals surface area contributed by atoms with E-state index in [-0.39, 0.29) is 6.79 Å². The van der Waals surface area contributed by atoms with E-state index in [1.54, 1.807) is 0 Å². The minimum atomic E-state index is 0.261. The molecule has 0 amide bonds. The van der Waals surface area contributed by atoms with Gasteiger partial charge in [0.2, 0.25) is 0 Å². The first-order valence-electron chi connectivity index (χ1n) is 7.35. The Morgan fingerprint density at radius 2 is 1.71 bits per heavy atom. The number of hydrogen-bond donors (Lipinski definition) is 1. The van der Waals surface area contributed by atoms with Crippen molar-refractivity contribution in [3.63, 3.8) is 0 Å². The highest BCUT2D eigenvalue weighted by Crippen LogP contribution is 2.19. The Kier molecular flexibility index (Phi) is 6.25. The maximum atomic E-state index is 5.59. The smallest absolute Gasteiger partial charge is 0.189 e. The van der Waals surface area contributed by atoms with Crippen LogP contribution in [0.25, 0.3) is 0 Å². The fourth-order valence-electron chi connectivity index (χ4n) is 2.25. The van der Waals surface area contributed by atoms with Crippen LogP contribution < -0.4 is 10.1 Å². The van der Waals surface area contributed by atoms with Crippen LogP contribution in [-0.2, 0) is 11.3 Å². The van der Waals surface area contributed by atoms with Crippen LogP contribution in [0.5, 0.6) is 5.75 Å². The summed E-state index contributed by atoms with van der Waals surface area (Å²) in [5.74, 6) is 0.831. The molecule has 112 valence electrons. The number of benzene rings is 2. The second-order valence-corrected chi connectivity index (χ2v) is 4.91. The SMILES string of the molecule is CCC(NC)c1ccc(OCOCc2ccccc2)cc1. The monoisotopic (exact) mass is 285 g/mol. The Hall–Kier alpha value is -1.84. The lowest BCUT2D eigenvalue weighted by Gasteiger charge is -2.14. The summed E-state index contributed by atoms with van der Waals surface area (Å²) >= 11 is 0. The molecule has 2 aromatic carbocycles. The second kappa shape index (κ2) is 8.45. The Bertz CT molecular complexity index is 507. The zero-order valence-corrected chi connectivity index (χ0v) is 12.7. The second-order valence-electron chi connectivity index (χ2n) is 4.91. The van der Waals surface area contributed by atoms with Crippen molar-refractivity contribution in [2.24, 2.45) is 0 Å². The molecule has 1 N–H and O–H groups in total. The van der Waals surface area contributed by atoms with Gasteiger partial charge >= 0.3 is 0 Å². The van der Waals surface area contributed by atoms with E-state index < -0.39 is 0 Å². The van der Waals surface area contributed by atoms with E-state index in [4.69, 9.17) is 9.47 Å². The lowest BCUT2D eigenvalue weighted by atomic mass is 10.1. The van der Waals surface area contributed by atoms with Gasteiger partial charge in [-0.1, -0.05) is 49.4 Å². The van der Waals surface area contributed by atoms with Gasteiger partial charge in [-0.2, -0.15) is 0 Å². The molecule has 0 radical (unpaired) electrons. The van der Waals surface area contributed by atoms with Gasteiger partial charge in [0, 0.05) is 6.04 Å². The fraction of sp³-hybridized carbons (Fsp3) is 0.333. The first kappa shape index (κ1) is 15.5. The lowest BCUT2D eigenvalue weighted by molar-refractivity contribution is 0.00503. The van der Waals surface area contributed by atoms with E-state index in [0.717, 1.165) is 17.7 Å². The van der Waals surface area contributed by atoms with Gasteiger partial charge in [-0.15, -0.1) is 0 Å². The molecule has 1 unspecified atom stereocenters. The third-order valence-corrected chi connectivity index (χ3v) is 3.46. The molecule has 0 saturated carbocycles. The predicted octanol–water partition coefficient (Wildman–Crippen LogP) is 3.91. The van der Waals surface area contributed by atoms with Crippen molar-refractivity contribution < 1.29 is 9.47 Å². The standard InChI is InChI=1S/C18H23NO2/c1-3-18(19-2)16-9-11-17(12-10-16)21-14-20-13-15-7-5-4-6-8-15/h4-12,18-19H,3,13-14H2,1-2H3. The molecule has 3 heteroatoms.